The van der Waals surface area contributed by atoms with Crippen LogP contribution in [0.5, 0.6) is 5.75 Å². The van der Waals surface area contributed by atoms with Crippen molar-refractivity contribution in [1.29, 1.82) is 0 Å². The monoisotopic (exact) mass is 359 g/mol. The number of ether oxygens (including phenoxy) is 1. The summed E-state index contributed by atoms with van der Waals surface area (Å²) < 4.78 is 11.2. The van der Waals surface area contributed by atoms with E-state index >= 15 is 0 Å². The fourth-order valence-electron chi connectivity index (χ4n) is 2.34. The van der Waals surface area contributed by atoms with Crippen LogP contribution in [0.1, 0.15) is 5.89 Å². The zero-order valence-corrected chi connectivity index (χ0v) is 13.8. The highest BCUT2D eigenvalue weighted by atomic mass is 35.5. The van der Waals surface area contributed by atoms with E-state index in [1.54, 1.807) is 18.2 Å². The molecule has 0 bridgehead atoms. The van der Waals surface area contributed by atoms with Crippen molar-refractivity contribution in [2.24, 2.45) is 0 Å². The third-order valence-electron chi connectivity index (χ3n) is 3.47. The number of aromatic nitrogens is 3. The molecule has 1 N–H and O–H groups in total. The minimum atomic E-state index is 0.120. The molecule has 0 aliphatic carbocycles. The number of aromatic amines is 1. The average Bonchev–Trinajstić information content (AvgIpc) is 3.20. The first-order valence-electron chi connectivity index (χ1n) is 7.17. The molecule has 0 atom stereocenters. The molecule has 0 spiro atoms. The zero-order valence-electron chi connectivity index (χ0n) is 12.3. The highest BCUT2D eigenvalue weighted by Crippen LogP contribution is 2.28. The van der Waals surface area contributed by atoms with E-state index in [-0.39, 0.29) is 6.61 Å². The molecular formula is C17H11Cl2N3O2. The van der Waals surface area contributed by atoms with E-state index in [2.05, 4.69) is 15.2 Å². The summed E-state index contributed by atoms with van der Waals surface area (Å²) in [7, 11) is 0. The summed E-state index contributed by atoms with van der Waals surface area (Å²) in [6, 6.07) is 14.9. The van der Waals surface area contributed by atoms with Crippen molar-refractivity contribution < 1.29 is 9.15 Å². The summed E-state index contributed by atoms with van der Waals surface area (Å²) in [6.07, 6.45) is 0. The van der Waals surface area contributed by atoms with Crippen LogP contribution in [0.3, 0.4) is 0 Å². The highest BCUT2D eigenvalue weighted by Gasteiger charge is 2.12. The van der Waals surface area contributed by atoms with Crippen molar-refractivity contribution in [2.75, 3.05) is 0 Å². The van der Waals surface area contributed by atoms with Gasteiger partial charge in [0.05, 0.1) is 5.02 Å². The lowest BCUT2D eigenvalue weighted by molar-refractivity contribution is 0.264. The third-order valence-corrected chi connectivity index (χ3v) is 4.00. The molecule has 4 aromatic rings. The number of benzene rings is 2. The van der Waals surface area contributed by atoms with E-state index in [9.17, 15) is 0 Å². The van der Waals surface area contributed by atoms with E-state index in [0.29, 0.717) is 27.6 Å². The van der Waals surface area contributed by atoms with Crippen LogP contribution in [0, 0.1) is 0 Å². The van der Waals surface area contributed by atoms with Crippen molar-refractivity contribution in [3.63, 3.8) is 0 Å². The third kappa shape index (κ3) is 2.96. The molecule has 0 saturated heterocycles. The van der Waals surface area contributed by atoms with Crippen LogP contribution in [-0.2, 0) is 6.61 Å². The van der Waals surface area contributed by atoms with Crippen molar-refractivity contribution >= 4 is 34.1 Å². The summed E-state index contributed by atoms with van der Waals surface area (Å²) >= 11 is 11.9. The summed E-state index contributed by atoms with van der Waals surface area (Å²) in [5.74, 6) is 1.27. The van der Waals surface area contributed by atoms with E-state index in [1.807, 2.05) is 30.3 Å². The lowest BCUT2D eigenvalue weighted by atomic mass is 10.2. The Hall–Kier alpha value is -2.50. The van der Waals surface area contributed by atoms with Crippen LogP contribution >= 0.6 is 23.2 Å². The van der Waals surface area contributed by atoms with Crippen LogP contribution in [0.2, 0.25) is 10.0 Å². The number of para-hydroxylation sites is 1. The van der Waals surface area contributed by atoms with Gasteiger partial charge in [-0.25, -0.2) is 0 Å². The maximum Gasteiger partial charge on any atom is 0.264 e. The highest BCUT2D eigenvalue weighted by molar-refractivity contribution is 6.35. The standard InChI is InChI=1S/C17H11Cl2N3O2/c18-11-5-6-15(12(19)8-11)23-9-16-21-22-17(24-16)14-7-10-3-1-2-4-13(10)20-14/h1-8,20H,9H2. The lowest BCUT2D eigenvalue weighted by Gasteiger charge is -2.05. The molecule has 0 fully saturated rings. The predicted molar refractivity (Wildman–Crippen MR) is 92.4 cm³/mol. The molecule has 2 heterocycles. The summed E-state index contributed by atoms with van der Waals surface area (Å²) in [5.41, 5.74) is 1.77. The minimum Gasteiger partial charge on any atom is -0.482 e. The normalized spacial score (nSPS) is 11.1. The molecule has 0 radical (unpaired) electrons. The molecular weight excluding hydrogens is 349 g/mol. The Morgan fingerprint density at radius 3 is 2.75 bits per heavy atom. The van der Waals surface area contributed by atoms with Gasteiger partial charge < -0.3 is 14.1 Å². The van der Waals surface area contributed by atoms with Gasteiger partial charge in [0.1, 0.15) is 11.4 Å². The van der Waals surface area contributed by atoms with Crippen molar-refractivity contribution in [2.45, 2.75) is 6.61 Å². The number of hydrogen-bond acceptors (Lipinski definition) is 4. The van der Waals surface area contributed by atoms with Crippen LogP contribution in [-0.4, -0.2) is 15.2 Å². The Kier molecular flexibility index (Phi) is 3.88. The number of hydrogen-bond donors (Lipinski definition) is 1. The van der Waals surface area contributed by atoms with Gasteiger partial charge in [-0.05, 0) is 30.3 Å². The average molecular weight is 360 g/mol. The Balaban J connectivity index is 1.52. The zero-order chi connectivity index (χ0) is 16.5. The molecule has 7 heteroatoms. The summed E-state index contributed by atoms with van der Waals surface area (Å²) in [4.78, 5) is 3.24. The second-order valence-corrected chi connectivity index (χ2v) is 5.98. The predicted octanol–water partition coefficient (Wildman–Crippen LogP) is 5.10. The molecule has 0 aliphatic rings. The Labute approximate surface area is 147 Å². The molecule has 0 amide bonds. The number of nitrogens with zero attached hydrogens (tertiary/aromatic N) is 2. The molecule has 2 aromatic carbocycles. The first-order valence-corrected chi connectivity index (χ1v) is 7.93. The van der Waals surface area contributed by atoms with Gasteiger partial charge in [-0.3, -0.25) is 0 Å². The summed E-state index contributed by atoms with van der Waals surface area (Å²) in [6.45, 7) is 0.120. The number of H-pyrrole nitrogens is 1. The van der Waals surface area contributed by atoms with Gasteiger partial charge in [0.15, 0.2) is 6.61 Å². The van der Waals surface area contributed by atoms with Gasteiger partial charge in [0, 0.05) is 15.9 Å². The molecule has 2 aromatic heterocycles. The maximum absolute atomic E-state index is 6.06. The number of rotatable bonds is 4. The SMILES string of the molecule is Clc1ccc(OCc2nnc(-c3cc4ccccc4[nH]3)o2)c(Cl)c1. The number of nitrogens with one attached hydrogen (secondary N) is 1. The van der Waals surface area contributed by atoms with E-state index in [4.69, 9.17) is 32.4 Å². The summed E-state index contributed by atoms with van der Waals surface area (Å²) in [5, 5.41) is 10.1. The first kappa shape index (κ1) is 15.1. The number of fused-ring (bicyclic) bond motifs is 1. The van der Waals surface area contributed by atoms with Crippen LogP contribution < -0.4 is 4.74 Å². The fraction of sp³-hybridized carbons (Fsp3) is 0.0588. The van der Waals surface area contributed by atoms with E-state index in [0.717, 1.165) is 16.6 Å². The van der Waals surface area contributed by atoms with Gasteiger partial charge in [0.2, 0.25) is 0 Å². The van der Waals surface area contributed by atoms with Crippen molar-refractivity contribution in [3.05, 3.63) is 64.5 Å². The Bertz CT molecular complexity index is 977. The smallest absolute Gasteiger partial charge is 0.264 e. The second-order valence-electron chi connectivity index (χ2n) is 5.13. The van der Waals surface area contributed by atoms with Gasteiger partial charge in [-0.1, -0.05) is 41.4 Å². The molecule has 5 nitrogen and oxygen atoms in total. The number of halogens is 2. The fourth-order valence-corrected chi connectivity index (χ4v) is 2.80. The molecule has 24 heavy (non-hydrogen) atoms. The van der Waals surface area contributed by atoms with Crippen LogP contribution in [0.25, 0.3) is 22.5 Å². The second kappa shape index (κ2) is 6.19. The maximum atomic E-state index is 6.06. The van der Waals surface area contributed by atoms with Crippen molar-refractivity contribution in [1.82, 2.24) is 15.2 Å². The lowest BCUT2D eigenvalue weighted by Crippen LogP contribution is -1.96. The topological polar surface area (TPSA) is 63.9 Å². The van der Waals surface area contributed by atoms with Crippen molar-refractivity contribution in [3.8, 4) is 17.3 Å². The Morgan fingerprint density at radius 2 is 1.92 bits per heavy atom. The van der Waals surface area contributed by atoms with Gasteiger partial charge in [-0.15, -0.1) is 10.2 Å². The minimum absolute atomic E-state index is 0.120. The van der Waals surface area contributed by atoms with E-state index < -0.39 is 0 Å². The molecule has 0 aliphatic heterocycles. The van der Waals surface area contributed by atoms with Crippen LogP contribution in [0.15, 0.2) is 52.9 Å². The molecule has 0 unspecified atom stereocenters. The molecule has 4 rings (SSSR count). The van der Waals surface area contributed by atoms with Crippen LogP contribution in [0.4, 0.5) is 0 Å². The van der Waals surface area contributed by atoms with Gasteiger partial charge >= 0.3 is 0 Å². The van der Waals surface area contributed by atoms with Gasteiger partial charge in [0.25, 0.3) is 11.8 Å². The Morgan fingerprint density at radius 1 is 1.04 bits per heavy atom. The van der Waals surface area contributed by atoms with Gasteiger partial charge in [-0.2, -0.15) is 0 Å². The largest absolute Gasteiger partial charge is 0.482 e. The molecule has 120 valence electrons. The molecule has 0 saturated carbocycles. The van der Waals surface area contributed by atoms with E-state index in [1.165, 1.54) is 0 Å². The first-order chi connectivity index (χ1) is 11.7. The quantitative estimate of drug-likeness (QED) is 0.550.